The second kappa shape index (κ2) is 9.78. The average molecular weight is 474 g/mol. The predicted octanol–water partition coefficient (Wildman–Crippen LogP) is 3.05. The maximum atomic E-state index is 12.8. The number of pyridine rings is 1. The van der Waals surface area contributed by atoms with E-state index in [-0.39, 0.29) is 17.9 Å². The van der Waals surface area contributed by atoms with Crippen LogP contribution >= 0.6 is 15.9 Å². The molecule has 0 aliphatic heterocycles. The van der Waals surface area contributed by atoms with E-state index in [2.05, 4.69) is 31.0 Å². The van der Waals surface area contributed by atoms with Gasteiger partial charge in [-0.1, -0.05) is 52.3 Å². The zero-order valence-corrected chi connectivity index (χ0v) is 17.9. The van der Waals surface area contributed by atoms with Crippen molar-refractivity contribution in [1.29, 1.82) is 0 Å². The van der Waals surface area contributed by atoms with Crippen LogP contribution in [0.1, 0.15) is 11.1 Å². The van der Waals surface area contributed by atoms with Gasteiger partial charge in [0.05, 0.1) is 4.90 Å². The summed E-state index contributed by atoms with van der Waals surface area (Å²) in [5.74, 6) is -0.404. The largest absolute Gasteiger partial charge is 0.351 e. The molecule has 0 spiro atoms. The Labute approximate surface area is 178 Å². The van der Waals surface area contributed by atoms with Gasteiger partial charge in [0.2, 0.25) is 15.9 Å². The number of rotatable bonds is 8. The van der Waals surface area contributed by atoms with Gasteiger partial charge in [-0.2, -0.15) is 4.72 Å². The van der Waals surface area contributed by atoms with Crippen molar-refractivity contribution >= 4 is 31.9 Å². The summed E-state index contributed by atoms with van der Waals surface area (Å²) in [5, 5.41) is 2.79. The van der Waals surface area contributed by atoms with E-state index >= 15 is 0 Å². The van der Waals surface area contributed by atoms with Gasteiger partial charge in [0.15, 0.2) is 0 Å². The lowest BCUT2D eigenvalue weighted by molar-refractivity contribution is -0.122. The van der Waals surface area contributed by atoms with Crippen LogP contribution in [0, 0.1) is 0 Å². The van der Waals surface area contributed by atoms with E-state index in [1.54, 1.807) is 30.6 Å². The third-order valence-corrected chi connectivity index (χ3v) is 6.23. The summed E-state index contributed by atoms with van der Waals surface area (Å²) in [6.07, 6.45) is 3.53. The van der Waals surface area contributed by atoms with Gasteiger partial charge in [-0.25, -0.2) is 8.42 Å². The minimum Gasteiger partial charge on any atom is -0.351 e. The van der Waals surface area contributed by atoms with Gasteiger partial charge in [-0.05, 0) is 47.9 Å². The number of nitrogens with one attached hydrogen (secondary N) is 2. The normalized spacial score (nSPS) is 12.3. The van der Waals surface area contributed by atoms with E-state index in [0.29, 0.717) is 0 Å². The molecular formula is C21H20BrN3O3S. The third kappa shape index (κ3) is 6.22. The second-order valence-corrected chi connectivity index (χ2v) is 9.03. The van der Waals surface area contributed by atoms with E-state index in [0.717, 1.165) is 15.6 Å². The van der Waals surface area contributed by atoms with Gasteiger partial charge < -0.3 is 5.32 Å². The Morgan fingerprint density at radius 1 is 0.966 bits per heavy atom. The number of benzene rings is 2. The van der Waals surface area contributed by atoms with Crippen LogP contribution in [0.4, 0.5) is 0 Å². The van der Waals surface area contributed by atoms with Crippen LogP contribution in [0.15, 0.2) is 88.5 Å². The molecule has 0 aliphatic carbocycles. The maximum Gasteiger partial charge on any atom is 0.241 e. The molecule has 0 fully saturated rings. The van der Waals surface area contributed by atoms with Crippen LogP contribution in [0.5, 0.6) is 0 Å². The molecule has 8 heteroatoms. The lowest BCUT2D eigenvalue weighted by Gasteiger charge is -2.19. The number of amides is 1. The Morgan fingerprint density at radius 3 is 2.31 bits per heavy atom. The smallest absolute Gasteiger partial charge is 0.241 e. The summed E-state index contributed by atoms with van der Waals surface area (Å²) in [4.78, 5) is 16.9. The molecule has 1 atom stereocenters. The summed E-state index contributed by atoms with van der Waals surface area (Å²) >= 11 is 3.29. The number of hydrogen-bond acceptors (Lipinski definition) is 4. The second-order valence-electron chi connectivity index (χ2n) is 6.40. The molecule has 3 rings (SSSR count). The summed E-state index contributed by atoms with van der Waals surface area (Å²) in [6.45, 7) is 0.262. The highest BCUT2D eigenvalue weighted by molar-refractivity contribution is 9.10. The van der Waals surface area contributed by atoms with Crippen molar-refractivity contribution in [2.75, 3.05) is 0 Å². The molecule has 1 amide bonds. The first-order valence-electron chi connectivity index (χ1n) is 8.92. The third-order valence-electron chi connectivity index (χ3n) is 4.21. The first-order chi connectivity index (χ1) is 13.9. The summed E-state index contributed by atoms with van der Waals surface area (Å²) in [5.41, 5.74) is 1.68. The first kappa shape index (κ1) is 21.2. The van der Waals surface area contributed by atoms with Crippen LogP contribution in [-0.4, -0.2) is 25.4 Å². The quantitative estimate of drug-likeness (QED) is 0.526. The summed E-state index contributed by atoms with van der Waals surface area (Å²) in [7, 11) is -3.87. The van der Waals surface area contributed by atoms with Crippen LogP contribution in [0.3, 0.4) is 0 Å². The van der Waals surface area contributed by atoms with Gasteiger partial charge in [0, 0.05) is 23.4 Å². The SMILES string of the molecule is O=C(NCc1cccnc1)[C@H](Cc1ccccc1)NS(=O)(=O)c1ccc(Br)cc1. The number of hydrogen-bond donors (Lipinski definition) is 2. The molecule has 3 aromatic rings. The fraction of sp³-hybridized carbons (Fsp3) is 0.143. The zero-order valence-electron chi connectivity index (χ0n) is 15.5. The Bertz CT molecular complexity index is 1040. The van der Waals surface area contributed by atoms with Gasteiger partial charge >= 0.3 is 0 Å². The monoisotopic (exact) mass is 473 g/mol. The molecular weight excluding hydrogens is 454 g/mol. The highest BCUT2D eigenvalue weighted by Crippen LogP contribution is 2.16. The molecule has 1 aromatic heterocycles. The molecule has 0 saturated carbocycles. The number of aromatic nitrogens is 1. The Hall–Kier alpha value is -2.55. The Balaban J connectivity index is 1.78. The number of carbonyl (C=O) groups is 1. The van der Waals surface area contributed by atoms with Gasteiger partial charge in [-0.15, -0.1) is 0 Å². The van der Waals surface area contributed by atoms with Crippen LogP contribution in [-0.2, 0) is 27.8 Å². The van der Waals surface area contributed by atoms with Crippen LogP contribution in [0.25, 0.3) is 0 Å². The minimum atomic E-state index is -3.87. The fourth-order valence-corrected chi connectivity index (χ4v) is 4.18. The number of sulfonamides is 1. The topological polar surface area (TPSA) is 88.2 Å². The minimum absolute atomic E-state index is 0.0961. The van der Waals surface area contributed by atoms with Gasteiger partial charge in [0.1, 0.15) is 6.04 Å². The van der Waals surface area contributed by atoms with Crippen LogP contribution < -0.4 is 10.0 Å². The van der Waals surface area contributed by atoms with Crippen molar-refractivity contribution < 1.29 is 13.2 Å². The van der Waals surface area contributed by atoms with Crippen molar-refractivity contribution in [3.05, 3.63) is 94.7 Å². The molecule has 0 unspecified atom stereocenters. The Morgan fingerprint density at radius 2 is 1.66 bits per heavy atom. The molecule has 2 aromatic carbocycles. The zero-order chi connectivity index (χ0) is 20.7. The maximum absolute atomic E-state index is 12.8. The highest BCUT2D eigenvalue weighted by Gasteiger charge is 2.26. The predicted molar refractivity (Wildman–Crippen MR) is 114 cm³/mol. The van der Waals surface area contributed by atoms with Crippen LogP contribution in [0.2, 0.25) is 0 Å². The molecule has 1 heterocycles. The molecule has 150 valence electrons. The van der Waals surface area contributed by atoms with Crippen molar-refractivity contribution in [3.63, 3.8) is 0 Å². The molecule has 29 heavy (non-hydrogen) atoms. The summed E-state index contributed by atoms with van der Waals surface area (Å²) < 4.78 is 28.9. The molecule has 2 N–H and O–H groups in total. The van der Waals surface area contributed by atoms with E-state index in [1.807, 2.05) is 36.4 Å². The molecule has 0 saturated heterocycles. The van der Waals surface area contributed by atoms with E-state index < -0.39 is 22.0 Å². The van der Waals surface area contributed by atoms with E-state index in [4.69, 9.17) is 0 Å². The Kier molecular flexibility index (Phi) is 7.13. The lowest BCUT2D eigenvalue weighted by Crippen LogP contribution is -2.47. The molecule has 0 bridgehead atoms. The average Bonchev–Trinajstić information content (AvgIpc) is 2.73. The standard InChI is InChI=1S/C21H20BrN3O3S/c22-18-8-10-19(11-9-18)29(27,28)25-20(13-16-5-2-1-3-6-16)21(26)24-15-17-7-4-12-23-14-17/h1-12,14,20,25H,13,15H2,(H,24,26)/t20-/m0/s1. The van der Waals surface area contributed by atoms with Crippen molar-refractivity contribution in [1.82, 2.24) is 15.0 Å². The van der Waals surface area contributed by atoms with Crippen molar-refractivity contribution in [3.8, 4) is 0 Å². The van der Waals surface area contributed by atoms with Gasteiger partial charge in [-0.3, -0.25) is 9.78 Å². The summed E-state index contributed by atoms with van der Waals surface area (Å²) in [6, 6.07) is 18.2. The highest BCUT2D eigenvalue weighted by atomic mass is 79.9. The number of carbonyl (C=O) groups excluding carboxylic acids is 1. The van der Waals surface area contributed by atoms with E-state index in [1.165, 1.54) is 12.1 Å². The number of halogens is 1. The lowest BCUT2D eigenvalue weighted by atomic mass is 10.1. The first-order valence-corrected chi connectivity index (χ1v) is 11.2. The number of nitrogens with zero attached hydrogens (tertiary/aromatic N) is 1. The fourth-order valence-electron chi connectivity index (χ4n) is 2.72. The van der Waals surface area contributed by atoms with Crippen molar-refractivity contribution in [2.24, 2.45) is 0 Å². The molecule has 0 aliphatic rings. The van der Waals surface area contributed by atoms with Crippen molar-refractivity contribution in [2.45, 2.75) is 23.9 Å². The van der Waals surface area contributed by atoms with Gasteiger partial charge in [0.25, 0.3) is 0 Å². The molecule has 6 nitrogen and oxygen atoms in total. The molecule has 0 radical (unpaired) electrons. The van der Waals surface area contributed by atoms with E-state index in [9.17, 15) is 13.2 Å².